The van der Waals surface area contributed by atoms with Crippen molar-refractivity contribution >= 4 is 5.91 Å². The fourth-order valence-electron chi connectivity index (χ4n) is 3.18. The van der Waals surface area contributed by atoms with Gasteiger partial charge in [0.15, 0.2) is 0 Å². The minimum atomic E-state index is -0.286. The Hall–Kier alpha value is -2.36. The summed E-state index contributed by atoms with van der Waals surface area (Å²) in [6.45, 7) is 0.916. The predicted octanol–water partition coefficient (Wildman–Crippen LogP) is 3.78. The van der Waals surface area contributed by atoms with Gasteiger partial charge in [-0.3, -0.25) is 4.79 Å². The SMILES string of the molecule is CN(CCOc1ccc(F)cc1)C(=O)CC1CCc2ccccc21. The van der Waals surface area contributed by atoms with Crippen LogP contribution >= 0.6 is 0 Å². The number of ether oxygens (including phenoxy) is 1. The Balaban J connectivity index is 1.46. The van der Waals surface area contributed by atoms with Crippen molar-refractivity contribution in [1.82, 2.24) is 4.90 Å². The fourth-order valence-corrected chi connectivity index (χ4v) is 3.18. The second-order valence-electron chi connectivity index (χ2n) is 6.26. The van der Waals surface area contributed by atoms with Crippen LogP contribution in [0, 0.1) is 5.82 Å². The molecule has 0 aromatic heterocycles. The maximum absolute atomic E-state index is 12.8. The van der Waals surface area contributed by atoms with Crippen LogP contribution in [0.2, 0.25) is 0 Å². The zero-order chi connectivity index (χ0) is 16.9. The Kier molecular flexibility index (Phi) is 5.14. The molecule has 24 heavy (non-hydrogen) atoms. The second kappa shape index (κ2) is 7.47. The van der Waals surface area contributed by atoms with E-state index in [1.165, 1.54) is 23.3 Å². The number of carbonyl (C=O) groups excluding carboxylic acids is 1. The molecular formula is C20H22FNO2. The average molecular weight is 327 g/mol. The first-order valence-corrected chi connectivity index (χ1v) is 8.33. The van der Waals surface area contributed by atoms with Crippen LogP contribution in [0.25, 0.3) is 0 Å². The molecular weight excluding hydrogens is 305 g/mol. The Morgan fingerprint density at radius 2 is 1.96 bits per heavy atom. The fraction of sp³-hybridized carbons (Fsp3) is 0.350. The number of halogens is 1. The molecule has 2 aromatic carbocycles. The van der Waals surface area contributed by atoms with Gasteiger partial charge in [0.05, 0.1) is 6.54 Å². The molecule has 0 bridgehead atoms. The summed E-state index contributed by atoms with van der Waals surface area (Å²) in [4.78, 5) is 14.1. The quantitative estimate of drug-likeness (QED) is 0.808. The monoisotopic (exact) mass is 327 g/mol. The molecule has 0 saturated heterocycles. The number of hydrogen-bond acceptors (Lipinski definition) is 2. The summed E-state index contributed by atoms with van der Waals surface area (Å²) in [6.07, 6.45) is 2.65. The zero-order valence-electron chi connectivity index (χ0n) is 13.9. The van der Waals surface area contributed by atoms with Crippen LogP contribution < -0.4 is 4.74 Å². The molecule has 0 heterocycles. The summed E-state index contributed by atoms with van der Waals surface area (Å²) >= 11 is 0. The van der Waals surface area contributed by atoms with Gasteiger partial charge in [0.25, 0.3) is 0 Å². The van der Waals surface area contributed by atoms with Crippen LogP contribution in [0.1, 0.15) is 29.9 Å². The van der Waals surface area contributed by atoms with Crippen LogP contribution in [-0.4, -0.2) is 31.0 Å². The van der Waals surface area contributed by atoms with Gasteiger partial charge in [0, 0.05) is 13.5 Å². The third-order valence-corrected chi connectivity index (χ3v) is 4.61. The van der Waals surface area contributed by atoms with Crippen molar-refractivity contribution in [3.05, 3.63) is 65.5 Å². The van der Waals surface area contributed by atoms with Gasteiger partial charge in [0.2, 0.25) is 5.91 Å². The molecule has 0 saturated carbocycles. The third kappa shape index (κ3) is 3.94. The molecule has 0 N–H and O–H groups in total. The first-order chi connectivity index (χ1) is 11.6. The van der Waals surface area contributed by atoms with Crippen molar-refractivity contribution in [1.29, 1.82) is 0 Å². The minimum absolute atomic E-state index is 0.138. The molecule has 2 aromatic rings. The molecule has 3 nitrogen and oxygen atoms in total. The summed E-state index contributed by atoms with van der Waals surface area (Å²) in [5.41, 5.74) is 2.69. The first-order valence-electron chi connectivity index (χ1n) is 8.33. The maximum Gasteiger partial charge on any atom is 0.223 e. The van der Waals surface area contributed by atoms with Gasteiger partial charge in [0.1, 0.15) is 18.2 Å². The topological polar surface area (TPSA) is 29.5 Å². The summed E-state index contributed by atoms with van der Waals surface area (Å²) in [5.74, 6) is 0.794. The number of fused-ring (bicyclic) bond motifs is 1. The molecule has 1 unspecified atom stereocenters. The molecule has 1 aliphatic rings. The van der Waals surface area contributed by atoms with E-state index in [1.54, 1.807) is 24.1 Å². The molecule has 0 spiro atoms. The van der Waals surface area contributed by atoms with E-state index in [1.807, 2.05) is 6.07 Å². The van der Waals surface area contributed by atoms with Crippen molar-refractivity contribution < 1.29 is 13.9 Å². The Labute approximate surface area is 142 Å². The highest BCUT2D eigenvalue weighted by Gasteiger charge is 2.25. The van der Waals surface area contributed by atoms with Crippen LogP contribution in [0.5, 0.6) is 5.75 Å². The van der Waals surface area contributed by atoms with Crippen molar-refractivity contribution in [2.45, 2.75) is 25.2 Å². The van der Waals surface area contributed by atoms with Gasteiger partial charge in [-0.2, -0.15) is 0 Å². The van der Waals surface area contributed by atoms with Crippen LogP contribution in [0.15, 0.2) is 48.5 Å². The van der Waals surface area contributed by atoms with Crippen molar-refractivity contribution in [3.8, 4) is 5.75 Å². The summed E-state index contributed by atoms with van der Waals surface area (Å²) in [7, 11) is 1.80. The van der Waals surface area contributed by atoms with Gasteiger partial charge in [-0.25, -0.2) is 4.39 Å². The lowest BCUT2D eigenvalue weighted by Crippen LogP contribution is -2.31. The van der Waals surface area contributed by atoms with E-state index in [0.29, 0.717) is 31.2 Å². The Bertz CT molecular complexity index is 699. The lowest BCUT2D eigenvalue weighted by molar-refractivity contribution is -0.130. The number of likely N-dealkylation sites (N-methyl/N-ethyl adjacent to an activating group) is 1. The highest BCUT2D eigenvalue weighted by molar-refractivity contribution is 5.77. The van der Waals surface area contributed by atoms with Crippen LogP contribution in [0.4, 0.5) is 4.39 Å². The van der Waals surface area contributed by atoms with Gasteiger partial charge < -0.3 is 9.64 Å². The molecule has 1 aliphatic carbocycles. The molecule has 0 aliphatic heterocycles. The van der Waals surface area contributed by atoms with Crippen molar-refractivity contribution in [3.63, 3.8) is 0 Å². The summed E-state index contributed by atoms with van der Waals surface area (Å²) in [6, 6.07) is 14.3. The maximum atomic E-state index is 12.8. The normalized spacial score (nSPS) is 15.8. The number of rotatable bonds is 6. The van der Waals surface area contributed by atoms with E-state index in [9.17, 15) is 9.18 Å². The van der Waals surface area contributed by atoms with E-state index in [0.717, 1.165) is 12.8 Å². The van der Waals surface area contributed by atoms with E-state index < -0.39 is 0 Å². The Morgan fingerprint density at radius 1 is 1.21 bits per heavy atom. The van der Waals surface area contributed by atoms with Crippen molar-refractivity contribution in [2.24, 2.45) is 0 Å². The van der Waals surface area contributed by atoms with Gasteiger partial charge >= 0.3 is 0 Å². The van der Waals surface area contributed by atoms with Gasteiger partial charge in [-0.15, -0.1) is 0 Å². The Morgan fingerprint density at radius 3 is 2.75 bits per heavy atom. The largest absolute Gasteiger partial charge is 0.492 e. The highest BCUT2D eigenvalue weighted by atomic mass is 19.1. The second-order valence-corrected chi connectivity index (χ2v) is 6.26. The summed E-state index contributed by atoms with van der Waals surface area (Å²) in [5, 5.41) is 0. The van der Waals surface area contributed by atoms with E-state index >= 15 is 0 Å². The molecule has 0 radical (unpaired) electrons. The third-order valence-electron chi connectivity index (χ3n) is 4.61. The number of carbonyl (C=O) groups is 1. The molecule has 126 valence electrons. The highest BCUT2D eigenvalue weighted by Crippen LogP contribution is 2.35. The number of hydrogen-bond donors (Lipinski definition) is 0. The lowest BCUT2D eigenvalue weighted by Gasteiger charge is -2.20. The zero-order valence-corrected chi connectivity index (χ0v) is 13.9. The molecule has 4 heteroatoms. The van der Waals surface area contributed by atoms with Gasteiger partial charge in [-0.05, 0) is 54.2 Å². The van der Waals surface area contributed by atoms with E-state index in [2.05, 4.69) is 18.2 Å². The lowest BCUT2D eigenvalue weighted by atomic mass is 9.97. The first kappa shape index (κ1) is 16.5. The predicted molar refractivity (Wildman–Crippen MR) is 91.7 cm³/mol. The average Bonchev–Trinajstić information content (AvgIpc) is 3.00. The van der Waals surface area contributed by atoms with Crippen molar-refractivity contribution in [2.75, 3.05) is 20.2 Å². The molecule has 3 rings (SSSR count). The number of amides is 1. The number of benzene rings is 2. The van der Waals surface area contributed by atoms with Crippen LogP contribution in [0.3, 0.4) is 0 Å². The van der Waals surface area contributed by atoms with Crippen LogP contribution in [-0.2, 0) is 11.2 Å². The molecule has 0 fully saturated rings. The van der Waals surface area contributed by atoms with E-state index in [-0.39, 0.29) is 11.7 Å². The molecule has 1 atom stereocenters. The van der Waals surface area contributed by atoms with E-state index in [4.69, 9.17) is 4.74 Å². The number of aryl methyl sites for hydroxylation is 1. The van der Waals surface area contributed by atoms with Gasteiger partial charge in [-0.1, -0.05) is 24.3 Å². The number of nitrogens with zero attached hydrogens (tertiary/aromatic N) is 1. The smallest absolute Gasteiger partial charge is 0.223 e. The summed E-state index contributed by atoms with van der Waals surface area (Å²) < 4.78 is 18.4. The molecule has 1 amide bonds. The standard InChI is InChI=1S/C20H22FNO2/c1-22(12-13-24-18-10-8-17(21)9-11-18)20(23)14-16-7-6-15-4-2-3-5-19(15)16/h2-5,8-11,16H,6-7,12-14H2,1H3. The minimum Gasteiger partial charge on any atom is -0.492 e.